The van der Waals surface area contributed by atoms with Crippen LogP contribution in [-0.2, 0) is 5.41 Å². The summed E-state index contributed by atoms with van der Waals surface area (Å²) >= 11 is 1.89. The smallest absolute Gasteiger partial charge is 0.235 e. The lowest BCUT2D eigenvalue weighted by molar-refractivity contribution is 0.660. The zero-order valence-electron chi connectivity index (χ0n) is 27.0. The first kappa shape index (κ1) is 27.1. The molecule has 0 atom stereocenters. The van der Waals surface area contributed by atoms with E-state index in [0.29, 0.717) is 5.95 Å². The van der Waals surface area contributed by atoms with Crippen LogP contribution in [0, 0.1) is 0 Å². The van der Waals surface area contributed by atoms with E-state index in [-0.39, 0.29) is 5.41 Å². The summed E-state index contributed by atoms with van der Waals surface area (Å²) in [6.07, 6.45) is 0. The minimum absolute atomic E-state index is 0.103. The normalized spacial score (nSPS) is 13.7. The third-order valence-electron chi connectivity index (χ3n) is 10.8. The zero-order valence-corrected chi connectivity index (χ0v) is 27.8. The lowest BCUT2D eigenvalue weighted by Gasteiger charge is -2.22. The van der Waals surface area contributed by atoms with Gasteiger partial charge in [0.2, 0.25) is 5.95 Å². The molecule has 0 bridgehead atoms. The Morgan fingerprint density at radius 2 is 1.22 bits per heavy atom. The van der Waals surface area contributed by atoms with E-state index in [0.717, 1.165) is 33.2 Å². The van der Waals surface area contributed by atoms with Gasteiger partial charge in [-0.3, -0.25) is 4.57 Å². The van der Waals surface area contributed by atoms with Crippen LogP contribution in [0.25, 0.3) is 92.0 Å². The van der Waals surface area contributed by atoms with Crippen LogP contribution in [-0.4, -0.2) is 14.5 Å². The molecule has 10 aromatic rings. The average Bonchev–Trinajstić information content (AvgIpc) is 3.77. The summed E-state index contributed by atoms with van der Waals surface area (Å²) in [5.74, 6) is 0.687. The van der Waals surface area contributed by atoms with E-state index in [1.54, 1.807) is 0 Å². The SMILES string of the molecule is CC1(C)c2ccccc2-c2ccc(-c3nc(-n4c5ccccc5c5c6c7ccccc7sc6c6ccccc6c54)nc4ccccc34)cc21. The van der Waals surface area contributed by atoms with Gasteiger partial charge in [-0.05, 0) is 46.5 Å². The highest BCUT2D eigenvalue weighted by atomic mass is 32.1. The molecule has 7 aromatic carbocycles. The number of hydrogen-bond donors (Lipinski definition) is 0. The van der Waals surface area contributed by atoms with Crippen molar-refractivity contribution in [2.75, 3.05) is 0 Å². The van der Waals surface area contributed by atoms with E-state index in [4.69, 9.17) is 9.97 Å². The molecule has 1 aliphatic rings. The highest BCUT2D eigenvalue weighted by molar-refractivity contribution is 7.27. The minimum atomic E-state index is -0.103. The average molecular weight is 644 g/mol. The fraction of sp³-hybridized carbons (Fsp3) is 0.0667. The summed E-state index contributed by atoms with van der Waals surface area (Å²) in [7, 11) is 0. The molecule has 1 aliphatic carbocycles. The van der Waals surface area contributed by atoms with E-state index in [1.165, 1.54) is 64.0 Å². The maximum Gasteiger partial charge on any atom is 0.235 e. The van der Waals surface area contributed by atoms with Crippen molar-refractivity contribution in [3.63, 3.8) is 0 Å². The summed E-state index contributed by atoms with van der Waals surface area (Å²) in [6.45, 7) is 4.67. The minimum Gasteiger partial charge on any atom is -0.277 e. The molecule has 3 aromatic heterocycles. The van der Waals surface area contributed by atoms with Crippen LogP contribution in [0.15, 0.2) is 140 Å². The highest BCUT2D eigenvalue weighted by Gasteiger charge is 2.35. The van der Waals surface area contributed by atoms with Crippen LogP contribution in [0.5, 0.6) is 0 Å². The maximum atomic E-state index is 5.53. The van der Waals surface area contributed by atoms with Crippen molar-refractivity contribution in [3.05, 3.63) is 151 Å². The first-order chi connectivity index (χ1) is 24.1. The molecule has 0 spiro atoms. The summed E-state index contributed by atoms with van der Waals surface area (Å²) in [6, 6.07) is 50.6. The Labute approximate surface area is 286 Å². The van der Waals surface area contributed by atoms with Crippen molar-refractivity contribution in [2.45, 2.75) is 19.3 Å². The molecule has 0 N–H and O–H groups in total. The number of para-hydroxylation sites is 2. The first-order valence-corrected chi connectivity index (χ1v) is 17.7. The van der Waals surface area contributed by atoms with Crippen molar-refractivity contribution in [3.8, 4) is 28.3 Å². The number of fused-ring (bicyclic) bond motifs is 14. The van der Waals surface area contributed by atoms with E-state index in [9.17, 15) is 0 Å². The monoisotopic (exact) mass is 643 g/mol. The molecule has 0 amide bonds. The molecule has 230 valence electrons. The van der Waals surface area contributed by atoms with Gasteiger partial charge >= 0.3 is 0 Å². The van der Waals surface area contributed by atoms with Gasteiger partial charge in [0.1, 0.15) is 0 Å². The molecule has 4 heteroatoms. The molecule has 11 rings (SSSR count). The van der Waals surface area contributed by atoms with E-state index in [1.807, 2.05) is 11.3 Å². The number of hydrogen-bond acceptors (Lipinski definition) is 3. The lowest BCUT2D eigenvalue weighted by Crippen LogP contribution is -2.15. The van der Waals surface area contributed by atoms with Gasteiger partial charge in [-0.15, -0.1) is 11.3 Å². The number of benzene rings is 7. The fourth-order valence-electron chi connectivity index (χ4n) is 8.56. The molecular formula is C45H29N3S. The summed E-state index contributed by atoms with van der Waals surface area (Å²) in [4.78, 5) is 10.9. The Morgan fingerprint density at radius 3 is 2.10 bits per heavy atom. The second kappa shape index (κ2) is 9.62. The molecule has 0 radical (unpaired) electrons. The van der Waals surface area contributed by atoms with Gasteiger partial charge in [-0.2, -0.15) is 0 Å². The van der Waals surface area contributed by atoms with Gasteiger partial charge < -0.3 is 0 Å². The Hall–Kier alpha value is -5.84. The summed E-state index contributed by atoms with van der Waals surface area (Å²) in [5.41, 5.74) is 10.5. The number of rotatable bonds is 2. The van der Waals surface area contributed by atoms with Crippen LogP contribution in [0.3, 0.4) is 0 Å². The predicted octanol–water partition coefficient (Wildman–Crippen LogP) is 12.2. The van der Waals surface area contributed by atoms with Gasteiger partial charge in [0.05, 0.1) is 22.2 Å². The van der Waals surface area contributed by atoms with Crippen LogP contribution < -0.4 is 0 Å². The topological polar surface area (TPSA) is 30.7 Å². The molecule has 0 saturated carbocycles. The van der Waals surface area contributed by atoms with Crippen molar-refractivity contribution in [1.29, 1.82) is 0 Å². The molecule has 0 saturated heterocycles. The van der Waals surface area contributed by atoms with E-state index < -0.39 is 0 Å². The Kier molecular flexibility index (Phi) is 5.33. The van der Waals surface area contributed by atoms with Gasteiger partial charge in [0.25, 0.3) is 0 Å². The Morgan fingerprint density at radius 1 is 0.551 bits per heavy atom. The largest absolute Gasteiger partial charge is 0.277 e. The molecule has 0 unspecified atom stereocenters. The molecule has 0 fully saturated rings. The van der Waals surface area contributed by atoms with Gasteiger partial charge in [0.15, 0.2) is 0 Å². The fourth-order valence-corrected chi connectivity index (χ4v) is 9.81. The number of nitrogens with zero attached hydrogens (tertiary/aromatic N) is 3. The second-order valence-corrected chi connectivity index (χ2v) is 14.8. The first-order valence-electron chi connectivity index (χ1n) is 16.8. The number of aromatic nitrogens is 3. The predicted molar refractivity (Wildman–Crippen MR) is 207 cm³/mol. The maximum absolute atomic E-state index is 5.53. The molecule has 0 aliphatic heterocycles. The zero-order chi connectivity index (χ0) is 32.4. The number of thiophene rings is 1. The third-order valence-corrected chi connectivity index (χ3v) is 12.0. The molecule has 3 nitrogen and oxygen atoms in total. The molecular weight excluding hydrogens is 615 g/mol. The van der Waals surface area contributed by atoms with E-state index in [2.05, 4.69) is 158 Å². The van der Waals surface area contributed by atoms with Crippen LogP contribution in [0.4, 0.5) is 0 Å². The Bertz CT molecular complexity index is 3030. The van der Waals surface area contributed by atoms with Crippen LogP contribution in [0.2, 0.25) is 0 Å². The second-order valence-electron chi connectivity index (χ2n) is 13.7. The van der Waals surface area contributed by atoms with Crippen molar-refractivity contribution in [1.82, 2.24) is 14.5 Å². The van der Waals surface area contributed by atoms with Crippen molar-refractivity contribution in [2.24, 2.45) is 0 Å². The highest BCUT2D eigenvalue weighted by Crippen LogP contribution is 2.50. The standard InChI is InChI=1S/C45H29N3S/c1-45(2)34-19-9-5-13-27(34)28-24-23-26(25-35(28)45)41-31-16-6-10-20-36(31)46-44(47-41)48-37-21-11-7-17-32(37)39-40-33-18-8-12-22-38(33)49-43(40)30-15-4-3-14-29(30)42(39)48/h3-25H,1-2H3. The summed E-state index contributed by atoms with van der Waals surface area (Å²) in [5, 5.41) is 8.61. The van der Waals surface area contributed by atoms with Gasteiger partial charge in [-0.25, -0.2) is 9.97 Å². The van der Waals surface area contributed by atoms with Gasteiger partial charge in [-0.1, -0.05) is 129 Å². The van der Waals surface area contributed by atoms with Crippen molar-refractivity contribution < 1.29 is 0 Å². The quantitative estimate of drug-likeness (QED) is 0.188. The third kappa shape index (κ3) is 3.56. The molecule has 49 heavy (non-hydrogen) atoms. The van der Waals surface area contributed by atoms with Crippen molar-refractivity contribution >= 4 is 75.0 Å². The van der Waals surface area contributed by atoms with Gasteiger partial charge in [0, 0.05) is 58.1 Å². The van der Waals surface area contributed by atoms with Crippen LogP contribution in [0.1, 0.15) is 25.0 Å². The lowest BCUT2D eigenvalue weighted by atomic mass is 9.82. The van der Waals surface area contributed by atoms with E-state index >= 15 is 0 Å². The Balaban J connectivity index is 1.27. The molecule has 3 heterocycles. The van der Waals surface area contributed by atoms with Crippen LogP contribution >= 0.6 is 11.3 Å². The summed E-state index contributed by atoms with van der Waals surface area (Å²) < 4.78 is 4.95.